The van der Waals surface area contributed by atoms with E-state index in [9.17, 15) is 0 Å². The first-order chi connectivity index (χ1) is 30.2. The molecule has 0 saturated heterocycles. The van der Waals surface area contributed by atoms with Crippen molar-refractivity contribution in [1.82, 2.24) is 0 Å². The molecule has 0 radical (unpaired) electrons. The normalized spacial score (nSPS) is 11.0. The van der Waals surface area contributed by atoms with Gasteiger partial charge in [0.15, 0.2) is 0 Å². The van der Waals surface area contributed by atoms with Crippen molar-refractivity contribution in [2.75, 3.05) is 4.90 Å². The smallest absolute Gasteiger partial charge is 0.0462 e. The molecule has 10 aromatic rings. The van der Waals surface area contributed by atoms with Crippen LogP contribution in [0.1, 0.15) is 0 Å². The van der Waals surface area contributed by atoms with Crippen LogP contribution in [0.5, 0.6) is 0 Å². The van der Waals surface area contributed by atoms with Gasteiger partial charge in [0.05, 0.1) is 0 Å². The van der Waals surface area contributed by atoms with Crippen molar-refractivity contribution in [3.05, 3.63) is 261 Å². The molecule has 10 rings (SSSR count). The zero-order valence-electron chi connectivity index (χ0n) is 33.8. The lowest BCUT2D eigenvalue weighted by Gasteiger charge is -2.26. The van der Waals surface area contributed by atoms with Gasteiger partial charge in [-0.05, 0) is 114 Å². The molecule has 1 heteroatoms. The summed E-state index contributed by atoms with van der Waals surface area (Å²) in [6.45, 7) is 0. The Morgan fingerprint density at radius 2 is 0.328 bits per heavy atom. The number of benzene rings is 10. The third-order valence-corrected chi connectivity index (χ3v) is 11.6. The van der Waals surface area contributed by atoms with Crippen molar-refractivity contribution in [3.63, 3.8) is 0 Å². The second-order valence-corrected chi connectivity index (χ2v) is 15.3. The minimum atomic E-state index is 1.09. The fourth-order valence-corrected chi connectivity index (χ4v) is 8.38. The van der Waals surface area contributed by atoms with Crippen LogP contribution >= 0.6 is 0 Å². The number of hydrogen-bond donors (Lipinski definition) is 0. The van der Waals surface area contributed by atoms with Gasteiger partial charge in [0.2, 0.25) is 0 Å². The fraction of sp³-hybridized carbons (Fsp3) is 0. The van der Waals surface area contributed by atoms with Crippen molar-refractivity contribution in [1.29, 1.82) is 0 Å². The predicted octanol–water partition coefficient (Wildman–Crippen LogP) is 16.8. The van der Waals surface area contributed by atoms with Gasteiger partial charge >= 0.3 is 0 Å². The monoisotopic (exact) mass is 777 g/mol. The van der Waals surface area contributed by atoms with Gasteiger partial charge in [-0.1, -0.05) is 224 Å². The molecule has 0 aliphatic carbocycles. The molecular formula is C60H43N. The Morgan fingerprint density at radius 1 is 0.148 bits per heavy atom. The Morgan fingerprint density at radius 3 is 0.590 bits per heavy atom. The van der Waals surface area contributed by atoms with Crippen LogP contribution in [0.25, 0.3) is 77.9 Å². The van der Waals surface area contributed by atoms with Gasteiger partial charge in [0.25, 0.3) is 0 Å². The summed E-state index contributed by atoms with van der Waals surface area (Å²) in [4.78, 5) is 2.35. The van der Waals surface area contributed by atoms with E-state index in [1.807, 2.05) is 0 Å². The van der Waals surface area contributed by atoms with Crippen LogP contribution in [0.3, 0.4) is 0 Å². The van der Waals surface area contributed by atoms with Crippen LogP contribution in [0.2, 0.25) is 0 Å². The Labute approximate surface area is 359 Å². The minimum Gasteiger partial charge on any atom is -0.311 e. The molecule has 0 N–H and O–H groups in total. The molecule has 61 heavy (non-hydrogen) atoms. The topological polar surface area (TPSA) is 3.24 Å². The van der Waals surface area contributed by atoms with Gasteiger partial charge in [0, 0.05) is 17.1 Å². The third-order valence-electron chi connectivity index (χ3n) is 11.6. The first-order valence-corrected chi connectivity index (χ1v) is 20.9. The molecule has 0 unspecified atom stereocenters. The largest absolute Gasteiger partial charge is 0.311 e. The van der Waals surface area contributed by atoms with Crippen LogP contribution in [0, 0.1) is 0 Å². The lowest BCUT2D eigenvalue weighted by molar-refractivity contribution is 1.28. The van der Waals surface area contributed by atoms with Crippen molar-refractivity contribution in [3.8, 4) is 77.9 Å². The van der Waals surface area contributed by atoms with E-state index in [-0.39, 0.29) is 0 Å². The second-order valence-electron chi connectivity index (χ2n) is 15.3. The van der Waals surface area contributed by atoms with Gasteiger partial charge in [-0.3, -0.25) is 0 Å². The maximum absolute atomic E-state index is 2.35. The molecule has 0 aliphatic heterocycles. The van der Waals surface area contributed by atoms with E-state index in [1.165, 1.54) is 77.9 Å². The highest BCUT2D eigenvalue weighted by Gasteiger charge is 2.16. The van der Waals surface area contributed by atoms with Crippen LogP contribution in [0.4, 0.5) is 17.1 Å². The third kappa shape index (κ3) is 7.93. The summed E-state index contributed by atoms with van der Waals surface area (Å²) in [6.07, 6.45) is 0. The van der Waals surface area contributed by atoms with Gasteiger partial charge < -0.3 is 4.90 Å². The number of hydrogen-bond acceptors (Lipinski definition) is 1. The Hall–Kier alpha value is -8.00. The zero-order valence-corrected chi connectivity index (χ0v) is 33.8. The molecular weight excluding hydrogens is 735 g/mol. The number of nitrogens with zero attached hydrogens (tertiary/aromatic N) is 1. The summed E-state index contributed by atoms with van der Waals surface area (Å²) in [5, 5.41) is 0. The molecule has 288 valence electrons. The summed E-state index contributed by atoms with van der Waals surface area (Å²) < 4.78 is 0. The minimum absolute atomic E-state index is 1.09. The predicted molar refractivity (Wildman–Crippen MR) is 259 cm³/mol. The molecule has 0 saturated carbocycles. The Balaban J connectivity index is 0.981. The van der Waals surface area contributed by atoms with Crippen LogP contribution < -0.4 is 4.90 Å². The van der Waals surface area contributed by atoms with Crippen molar-refractivity contribution in [2.24, 2.45) is 0 Å². The number of anilines is 3. The van der Waals surface area contributed by atoms with Crippen molar-refractivity contribution < 1.29 is 0 Å². The summed E-state index contributed by atoms with van der Waals surface area (Å²) in [5.41, 5.74) is 20.1. The number of rotatable bonds is 10. The molecule has 0 bridgehead atoms. The molecule has 0 aromatic heterocycles. The molecule has 1 nitrogen and oxygen atoms in total. The van der Waals surface area contributed by atoms with Gasteiger partial charge in [0.1, 0.15) is 0 Å². The summed E-state index contributed by atoms with van der Waals surface area (Å²) in [6, 6.07) is 93.8. The average molecular weight is 778 g/mol. The van der Waals surface area contributed by atoms with E-state index < -0.39 is 0 Å². The fourth-order valence-electron chi connectivity index (χ4n) is 8.38. The van der Waals surface area contributed by atoms with E-state index in [0.717, 1.165) is 17.1 Å². The van der Waals surface area contributed by atoms with Crippen LogP contribution in [-0.4, -0.2) is 0 Å². The standard InChI is InChI=1S/C60H43N/c1-4-14-44(15-5-1)47-24-28-50(29-25-47)57-20-10-12-22-59(57)52-34-40-55(41-35-52)61(54-38-32-49(33-39-54)46-18-8-3-9-19-46)56-42-36-53(37-43-56)60-23-13-11-21-58(60)51-30-26-48(27-31-51)45-16-6-2-7-17-45/h1-43H. The first kappa shape index (κ1) is 37.3. The molecule has 0 heterocycles. The Bertz CT molecular complexity index is 2820. The molecule has 0 aliphatic rings. The van der Waals surface area contributed by atoms with Crippen LogP contribution in [-0.2, 0) is 0 Å². The van der Waals surface area contributed by atoms with E-state index in [1.54, 1.807) is 0 Å². The summed E-state index contributed by atoms with van der Waals surface area (Å²) in [7, 11) is 0. The lowest BCUT2D eigenvalue weighted by Crippen LogP contribution is -2.09. The van der Waals surface area contributed by atoms with Crippen LogP contribution in [0.15, 0.2) is 261 Å². The zero-order chi connectivity index (χ0) is 40.8. The van der Waals surface area contributed by atoms with E-state index in [2.05, 4.69) is 266 Å². The molecule has 0 amide bonds. The van der Waals surface area contributed by atoms with E-state index >= 15 is 0 Å². The SMILES string of the molecule is c1ccc(-c2ccc(-c3ccccc3-c3ccc(N(c4ccc(-c5ccccc5)cc4)c4ccc(-c5ccccc5-c5ccc(-c6ccccc6)cc5)cc4)cc3)cc2)cc1. The molecule has 10 aromatic carbocycles. The summed E-state index contributed by atoms with van der Waals surface area (Å²) in [5.74, 6) is 0. The highest BCUT2D eigenvalue weighted by Crippen LogP contribution is 2.40. The van der Waals surface area contributed by atoms with Gasteiger partial charge in [-0.25, -0.2) is 0 Å². The lowest BCUT2D eigenvalue weighted by atomic mass is 9.93. The highest BCUT2D eigenvalue weighted by molar-refractivity contribution is 5.88. The van der Waals surface area contributed by atoms with Crippen molar-refractivity contribution in [2.45, 2.75) is 0 Å². The summed E-state index contributed by atoms with van der Waals surface area (Å²) >= 11 is 0. The van der Waals surface area contributed by atoms with Gasteiger partial charge in [-0.15, -0.1) is 0 Å². The highest BCUT2D eigenvalue weighted by atomic mass is 15.1. The maximum Gasteiger partial charge on any atom is 0.0462 e. The van der Waals surface area contributed by atoms with Gasteiger partial charge in [-0.2, -0.15) is 0 Å². The average Bonchev–Trinajstić information content (AvgIpc) is 3.36. The molecule has 0 spiro atoms. The maximum atomic E-state index is 2.35. The molecule has 0 atom stereocenters. The first-order valence-electron chi connectivity index (χ1n) is 20.9. The van der Waals surface area contributed by atoms with Crippen molar-refractivity contribution >= 4 is 17.1 Å². The Kier molecular flexibility index (Phi) is 10.4. The van der Waals surface area contributed by atoms with E-state index in [4.69, 9.17) is 0 Å². The molecule has 0 fully saturated rings. The second kappa shape index (κ2) is 17.1. The quantitative estimate of drug-likeness (QED) is 0.134. The van der Waals surface area contributed by atoms with E-state index in [0.29, 0.717) is 0 Å².